The highest BCUT2D eigenvalue weighted by Gasteiger charge is 2.47. The lowest BCUT2D eigenvalue weighted by Gasteiger charge is -2.50. The van der Waals surface area contributed by atoms with Gasteiger partial charge in [-0.15, -0.1) is 11.3 Å². The van der Waals surface area contributed by atoms with E-state index in [1.165, 1.54) is 28.4 Å². The number of likely N-dealkylation sites (tertiary alicyclic amines) is 4. The molecule has 6 fully saturated rings. The molecular weight excluding hydrogens is 1310 g/mol. The van der Waals surface area contributed by atoms with E-state index < -0.39 is 71.4 Å². The Morgan fingerprint density at radius 2 is 1.49 bits per heavy atom. The van der Waals surface area contributed by atoms with Crippen LogP contribution in [0.2, 0.25) is 0 Å². The van der Waals surface area contributed by atoms with Gasteiger partial charge < -0.3 is 70.8 Å². The Kier molecular flexibility index (Phi) is 26.1. The number of hydrogen-bond donors (Lipinski definition) is 8. The second-order valence-corrected chi connectivity index (χ2v) is 31.2. The summed E-state index contributed by atoms with van der Waals surface area (Å²) in [5.41, 5.74) is 3.76. The predicted molar refractivity (Wildman–Crippen MR) is 378 cm³/mol. The minimum absolute atomic E-state index is 0.00574. The number of anilines is 3. The van der Waals surface area contributed by atoms with Gasteiger partial charge in [-0.05, 0) is 125 Å². The van der Waals surface area contributed by atoms with Crippen molar-refractivity contribution in [1.82, 2.24) is 61.1 Å². The summed E-state index contributed by atoms with van der Waals surface area (Å²) in [6.07, 6.45) is 6.99. The number of nitrogens with zero attached hydrogens (tertiary/aromatic N) is 9. The fraction of sp³-hybridized carbons (Fsp3) is 0.667. The van der Waals surface area contributed by atoms with Gasteiger partial charge in [-0.3, -0.25) is 38.6 Å². The number of hydrogen-bond acceptors (Lipinski definition) is 20. The van der Waals surface area contributed by atoms with Crippen molar-refractivity contribution in [3.8, 4) is 16.2 Å². The topological polar surface area (TPSA) is 275 Å². The molecule has 0 radical (unpaired) electrons. The van der Waals surface area contributed by atoms with Gasteiger partial charge in [0.15, 0.2) is 6.61 Å². The van der Waals surface area contributed by atoms with E-state index in [9.17, 15) is 38.6 Å². The Labute approximate surface area is 590 Å². The Bertz CT molecular complexity index is 3420. The van der Waals surface area contributed by atoms with Crippen molar-refractivity contribution in [2.24, 2.45) is 16.2 Å². The zero-order valence-corrected chi connectivity index (χ0v) is 60.1. The van der Waals surface area contributed by atoms with Crippen LogP contribution in [0.4, 0.5) is 30.5 Å². The number of halogens is 3. The number of amides is 5. The highest BCUT2D eigenvalue weighted by molar-refractivity contribution is 7.13. The molecule has 2 aromatic heterocycles. The molecule has 8 heterocycles. The molecule has 5 atom stereocenters. The molecule has 100 heavy (non-hydrogen) atoms. The van der Waals surface area contributed by atoms with E-state index in [-0.39, 0.29) is 80.4 Å². The Hall–Kier alpha value is -6.79. The largest absolute Gasteiger partial charge is 0.483 e. The number of rotatable bonds is 31. The Morgan fingerprint density at radius 1 is 0.750 bits per heavy atom. The quantitative estimate of drug-likeness (QED) is 0.0279. The van der Waals surface area contributed by atoms with E-state index in [1.54, 1.807) is 37.5 Å². The van der Waals surface area contributed by atoms with E-state index in [0.717, 1.165) is 93.4 Å². The highest BCUT2D eigenvalue weighted by atomic mass is 32.1. The second kappa shape index (κ2) is 34.5. The molecule has 5 amide bonds. The van der Waals surface area contributed by atoms with E-state index >= 15 is 8.78 Å². The molecule has 4 aromatic rings. The fourth-order valence-electron chi connectivity index (χ4n) is 14.8. The van der Waals surface area contributed by atoms with Crippen LogP contribution in [-0.4, -0.2) is 235 Å². The molecule has 0 aliphatic carbocycles. The fourth-order valence-corrected chi connectivity index (χ4v) is 15.6. The number of aryl methyl sites for hydroxylation is 1. The van der Waals surface area contributed by atoms with Crippen LogP contribution in [0.1, 0.15) is 128 Å². The van der Waals surface area contributed by atoms with Crippen LogP contribution in [0, 0.1) is 34.8 Å². The maximum absolute atomic E-state index is 15.8. The molecule has 6 saturated heterocycles. The van der Waals surface area contributed by atoms with Gasteiger partial charge in [0.05, 0.1) is 54.3 Å². The second-order valence-electron chi connectivity index (χ2n) is 30.3. The van der Waals surface area contributed by atoms with Crippen LogP contribution < -0.4 is 46.4 Å². The average Bonchev–Trinajstić information content (AvgIpc) is 1.05. The maximum atomic E-state index is 15.8. The molecule has 28 heteroatoms. The minimum atomic E-state index is -1.01. The summed E-state index contributed by atoms with van der Waals surface area (Å²) in [6.45, 7) is 22.4. The van der Waals surface area contributed by atoms with Crippen LogP contribution >= 0.6 is 11.3 Å². The number of ether oxygens (including phenoxy) is 2. The van der Waals surface area contributed by atoms with Gasteiger partial charge in [0.1, 0.15) is 53.7 Å². The molecule has 2 aromatic carbocycles. The van der Waals surface area contributed by atoms with E-state index in [1.807, 2.05) is 31.2 Å². The first-order valence-electron chi connectivity index (χ1n) is 35.9. The summed E-state index contributed by atoms with van der Waals surface area (Å²) in [4.78, 5) is 93.5. The Morgan fingerprint density at radius 3 is 2.22 bits per heavy atom. The van der Waals surface area contributed by atoms with E-state index in [4.69, 9.17) is 9.47 Å². The monoisotopic (exact) mass is 1410 g/mol. The number of unbranched alkanes of at least 4 members (excludes halogenated alkanes) is 1. The van der Waals surface area contributed by atoms with Crippen molar-refractivity contribution in [1.29, 1.82) is 0 Å². The number of piperazine rings is 1. The molecule has 550 valence electrons. The number of benzene rings is 2. The van der Waals surface area contributed by atoms with Crippen molar-refractivity contribution < 1.29 is 56.8 Å². The first kappa shape index (κ1) is 75.9. The van der Waals surface area contributed by atoms with Gasteiger partial charge in [0, 0.05) is 133 Å². The number of aromatic nitrogens is 3. The molecule has 6 aliphatic rings. The van der Waals surface area contributed by atoms with Gasteiger partial charge in [-0.25, -0.2) is 23.7 Å². The number of carbonyl (C=O) groups is 5. The van der Waals surface area contributed by atoms with E-state index in [0.29, 0.717) is 114 Å². The summed E-state index contributed by atoms with van der Waals surface area (Å²) in [5.74, 6) is -0.764. The third kappa shape index (κ3) is 20.7. The number of thiazole rings is 1. The standard InChI is InChI=1S/C72H106F3N15O9S/c1-49-65(100-48-82-49)50-11-12-51(39-79-67(96)57-36-53(91)41-90(57)68(97)66(69(2,3)4)83-62(93)10-7-8-20-73)58(35-50)99-43-64(95)78-23-32-98-33-31-87-28-17-71(45-87)16-27-86(44-71)24-13-61(92)77-22-9-21-76-59-38-60(81-47-80-59)88-29-18-72(19-30-88)46-89(42-63(94)84-72)56-37-54(74)52(34-55(56)75)40-85-25-14-70(5,6)15-26-85/h11-12,34-35,37-38,47-48,53,57,63,66,84,91,94H,7-10,13-33,36,39-46H2,1-6H3,(H,77,92)(H,78,95)(H,79,96)(H,83,93)(H,76,80,81)/t53-,57+,63?,66-,71-/m1/s1. The third-order valence-corrected chi connectivity index (χ3v) is 21.8. The van der Waals surface area contributed by atoms with Gasteiger partial charge in [-0.2, -0.15) is 0 Å². The number of aliphatic hydroxyl groups excluding tert-OH is 2. The minimum Gasteiger partial charge on any atom is -0.483 e. The first-order chi connectivity index (χ1) is 47.8. The van der Waals surface area contributed by atoms with Crippen molar-refractivity contribution in [3.63, 3.8) is 0 Å². The zero-order chi connectivity index (χ0) is 71.2. The van der Waals surface area contributed by atoms with Crippen LogP contribution in [0.25, 0.3) is 10.4 Å². The zero-order valence-electron chi connectivity index (χ0n) is 59.3. The average molecular weight is 1410 g/mol. The van der Waals surface area contributed by atoms with Crippen molar-refractivity contribution >= 4 is 58.2 Å². The molecule has 8 N–H and O–H groups in total. The summed E-state index contributed by atoms with van der Waals surface area (Å²) in [7, 11) is 0. The molecule has 24 nitrogen and oxygen atoms in total. The SMILES string of the molecule is Cc1ncsc1-c1ccc(CNC(=O)[C@@H]2C[C@@H](O)CN2C(=O)[C@@H](NC(=O)CCCCF)C(C)(C)C)c(OCC(=O)NCCOCCN2CC[C@@]3(CCN(CCC(=O)NCCCNc4cc(N5CCC6(CC5)CN(c5cc(F)c(CN7CCC(C)(C)CC7)cc5F)CC(O)N6)ncn4)C3)C2)c1. The summed E-state index contributed by atoms with van der Waals surface area (Å²) < 4.78 is 56.2. The number of alkyl halides is 1. The molecular formula is C72H106F3N15O9S. The number of piperidine rings is 2. The van der Waals surface area contributed by atoms with Crippen molar-refractivity contribution in [2.75, 3.05) is 146 Å². The van der Waals surface area contributed by atoms with Gasteiger partial charge in [0.25, 0.3) is 5.91 Å². The number of aliphatic hydroxyl groups is 2. The number of nitrogens with one attached hydrogen (secondary N) is 6. The molecule has 0 saturated carbocycles. The molecule has 10 rings (SSSR count). The summed E-state index contributed by atoms with van der Waals surface area (Å²) >= 11 is 1.47. The third-order valence-electron chi connectivity index (χ3n) is 20.9. The van der Waals surface area contributed by atoms with E-state index in [2.05, 4.69) is 80.3 Å². The molecule has 1 unspecified atom stereocenters. The van der Waals surface area contributed by atoms with Gasteiger partial charge in [0.2, 0.25) is 23.6 Å². The van der Waals surface area contributed by atoms with Crippen molar-refractivity contribution in [3.05, 3.63) is 76.7 Å². The molecule has 6 aliphatic heterocycles. The smallest absolute Gasteiger partial charge is 0.258 e. The first-order valence-corrected chi connectivity index (χ1v) is 36.8. The highest BCUT2D eigenvalue weighted by Crippen LogP contribution is 2.40. The van der Waals surface area contributed by atoms with Gasteiger partial charge >= 0.3 is 0 Å². The maximum Gasteiger partial charge on any atom is 0.258 e. The molecule has 0 bridgehead atoms. The summed E-state index contributed by atoms with van der Waals surface area (Å²) in [6, 6.07) is 8.07. The Balaban J connectivity index is 0.583. The van der Waals surface area contributed by atoms with Crippen LogP contribution in [0.5, 0.6) is 5.75 Å². The summed E-state index contributed by atoms with van der Waals surface area (Å²) in [5, 5.41) is 40.2. The van der Waals surface area contributed by atoms with Crippen LogP contribution in [-0.2, 0) is 41.8 Å². The molecule has 2 spiro atoms. The van der Waals surface area contributed by atoms with Gasteiger partial charge in [-0.1, -0.05) is 46.8 Å². The lowest BCUT2D eigenvalue weighted by molar-refractivity contribution is -0.144. The van der Waals surface area contributed by atoms with Crippen LogP contribution in [0.3, 0.4) is 0 Å². The lowest BCUT2D eigenvalue weighted by atomic mass is 9.82. The lowest BCUT2D eigenvalue weighted by Crippen LogP contribution is -2.68. The predicted octanol–water partition coefficient (Wildman–Crippen LogP) is 5.74. The number of carbonyl (C=O) groups excluding carboxylic acids is 5. The normalized spacial score (nSPS) is 22.1. The number of β-amino-alcohol motifs (C(OH)–C–C–N with tert-alkyl or cyclic N) is 2. The van der Waals surface area contributed by atoms with Crippen LogP contribution in [0.15, 0.2) is 48.2 Å². The van der Waals surface area contributed by atoms with Crippen molar-refractivity contribution in [2.45, 2.75) is 162 Å².